The summed E-state index contributed by atoms with van der Waals surface area (Å²) in [6, 6.07) is 13.3. The SMILES string of the molecule is O=C(Nc1ccc2c3c(c(=O)[nH]c2c1)CCCC3)c1ccc(Cn2ccnc2)cc1. The van der Waals surface area contributed by atoms with Crippen molar-refractivity contribution >= 4 is 22.5 Å². The number of pyridine rings is 1. The summed E-state index contributed by atoms with van der Waals surface area (Å²) >= 11 is 0. The number of hydrogen-bond donors (Lipinski definition) is 2. The van der Waals surface area contributed by atoms with Gasteiger partial charge in [-0.05, 0) is 61.1 Å². The van der Waals surface area contributed by atoms with Gasteiger partial charge in [-0.2, -0.15) is 0 Å². The van der Waals surface area contributed by atoms with Crippen LogP contribution in [0.5, 0.6) is 0 Å². The van der Waals surface area contributed by atoms with E-state index in [1.165, 1.54) is 0 Å². The fourth-order valence-electron chi connectivity index (χ4n) is 4.20. The van der Waals surface area contributed by atoms with Gasteiger partial charge in [0.1, 0.15) is 0 Å². The number of carbonyl (C=O) groups is 1. The van der Waals surface area contributed by atoms with E-state index in [2.05, 4.69) is 15.3 Å². The molecule has 1 aliphatic rings. The zero-order chi connectivity index (χ0) is 20.5. The predicted octanol–water partition coefficient (Wildman–Crippen LogP) is 3.90. The van der Waals surface area contributed by atoms with E-state index in [1.807, 2.05) is 53.2 Å². The minimum atomic E-state index is -0.177. The van der Waals surface area contributed by atoms with Crippen LogP contribution in [-0.2, 0) is 19.4 Å². The molecule has 0 fully saturated rings. The molecular weight excluding hydrogens is 376 g/mol. The lowest BCUT2D eigenvalue weighted by Gasteiger charge is -2.17. The molecule has 1 amide bonds. The van der Waals surface area contributed by atoms with Gasteiger partial charge in [-0.3, -0.25) is 9.59 Å². The number of nitrogens with one attached hydrogen (secondary N) is 2. The average molecular weight is 398 g/mol. The second-order valence-corrected chi connectivity index (χ2v) is 7.76. The molecular formula is C24H22N4O2. The normalized spacial score (nSPS) is 13.2. The highest BCUT2D eigenvalue weighted by Gasteiger charge is 2.16. The Balaban J connectivity index is 1.36. The van der Waals surface area contributed by atoms with E-state index in [9.17, 15) is 9.59 Å². The van der Waals surface area contributed by atoms with E-state index in [0.29, 0.717) is 17.8 Å². The molecule has 2 N–H and O–H groups in total. The standard InChI is InChI=1S/C24H22N4O2/c29-23(17-7-5-16(6-8-17)14-28-12-11-25-15-28)26-18-9-10-20-19-3-1-2-4-21(19)24(30)27-22(20)13-18/h5-13,15H,1-4,14H2,(H,26,29)(H,27,30). The quantitative estimate of drug-likeness (QED) is 0.547. The molecule has 6 nitrogen and oxygen atoms in total. The molecule has 150 valence electrons. The summed E-state index contributed by atoms with van der Waals surface area (Å²) in [5, 5.41) is 4.01. The Morgan fingerprint density at radius 1 is 1.07 bits per heavy atom. The van der Waals surface area contributed by atoms with Crippen molar-refractivity contribution in [1.82, 2.24) is 14.5 Å². The summed E-state index contributed by atoms with van der Waals surface area (Å²) in [6.07, 6.45) is 9.37. The van der Waals surface area contributed by atoms with E-state index in [4.69, 9.17) is 0 Å². The van der Waals surface area contributed by atoms with Crippen LogP contribution in [0.15, 0.2) is 66.0 Å². The van der Waals surface area contributed by atoms with Gasteiger partial charge < -0.3 is 14.9 Å². The number of aromatic amines is 1. The number of rotatable bonds is 4. The number of benzene rings is 2. The number of amides is 1. The molecule has 4 aromatic rings. The number of anilines is 1. The third-order valence-electron chi connectivity index (χ3n) is 5.73. The Hall–Kier alpha value is -3.67. The summed E-state index contributed by atoms with van der Waals surface area (Å²) < 4.78 is 1.98. The van der Waals surface area contributed by atoms with Crippen LogP contribution < -0.4 is 10.9 Å². The summed E-state index contributed by atoms with van der Waals surface area (Å²) in [7, 11) is 0. The molecule has 0 saturated carbocycles. The minimum absolute atomic E-state index is 0.00541. The van der Waals surface area contributed by atoms with Gasteiger partial charge in [0.2, 0.25) is 0 Å². The zero-order valence-electron chi connectivity index (χ0n) is 16.5. The number of aryl methyl sites for hydroxylation is 1. The predicted molar refractivity (Wildman–Crippen MR) is 117 cm³/mol. The third kappa shape index (κ3) is 3.52. The van der Waals surface area contributed by atoms with Crippen molar-refractivity contribution in [1.29, 1.82) is 0 Å². The van der Waals surface area contributed by atoms with Crippen molar-refractivity contribution in [2.75, 3.05) is 5.32 Å². The first-order chi connectivity index (χ1) is 14.7. The largest absolute Gasteiger partial charge is 0.333 e. The minimum Gasteiger partial charge on any atom is -0.333 e. The number of hydrogen-bond acceptors (Lipinski definition) is 3. The maximum atomic E-state index is 12.7. The summed E-state index contributed by atoms with van der Waals surface area (Å²) in [5.41, 5.74) is 5.19. The number of carbonyl (C=O) groups excluding carboxylic acids is 1. The lowest BCUT2D eigenvalue weighted by molar-refractivity contribution is 0.102. The van der Waals surface area contributed by atoms with Crippen LogP contribution in [0.2, 0.25) is 0 Å². The zero-order valence-corrected chi connectivity index (χ0v) is 16.5. The van der Waals surface area contributed by atoms with Gasteiger partial charge >= 0.3 is 0 Å². The molecule has 0 unspecified atom stereocenters. The highest BCUT2D eigenvalue weighted by atomic mass is 16.1. The van der Waals surface area contributed by atoms with Crippen molar-refractivity contribution in [3.63, 3.8) is 0 Å². The van der Waals surface area contributed by atoms with Gasteiger partial charge in [0, 0.05) is 41.1 Å². The first-order valence-electron chi connectivity index (χ1n) is 10.2. The van der Waals surface area contributed by atoms with Gasteiger partial charge in [0.05, 0.1) is 11.8 Å². The second kappa shape index (κ2) is 7.63. The van der Waals surface area contributed by atoms with E-state index in [1.54, 1.807) is 12.5 Å². The third-order valence-corrected chi connectivity index (χ3v) is 5.73. The van der Waals surface area contributed by atoms with Crippen molar-refractivity contribution in [3.05, 3.63) is 93.8 Å². The van der Waals surface area contributed by atoms with E-state index < -0.39 is 0 Å². The molecule has 1 aliphatic carbocycles. The maximum Gasteiger partial charge on any atom is 0.255 e. The number of imidazole rings is 1. The summed E-state index contributed by atoms with van der Waals surface area (Å²) in [5.74, 6) is -0.177. The second-order valence-electron chi connectivity index (χ2n) is 7.76. The first-order valence-corrected chi connectivity index (χ1v) is 10.2. The fourth-order valence-corrected chi connectivity index (χ4v) is 4.20. The van der Waals surface area contributed by atoms with Gasteiger partial charge in [-0.15, -0.1) is 0 Å². The maximum absolute atomic E-state index is 12.7. The number of fused-ring (bicyclic) bond motifs is 3. The van der Waals surface area contributed by atoms with Crippen LogP contribution in [0.1, 0.15) is 39.9 Å². The van der Waals surface area contributed by atoms with E-state index >= 15 is 0 Å². The van der Waals surface area contributed by atoms with Crippen LogP contribution in [0.3, 0.4) is 0 Å². The van der Waals surface area contributed by atoms with Crippen molar-refractivity contribution in [2.24, 2.45) is 0 Å². The summed E-state index contributed by atoms with van der Waals surface area (Å²) in [6.45, 7) is 0.713. The Morgan fingerprint density at radius 3 is 2.63 bits per heavy atom. The smallest absolute Gasteiger partial charge is 0.255 e. The molecule has 0 radical (unpaired) electrons. The average Bonchev–Trinajstić information content (AvgIpc) is 3.27. The Bertz CT molecular complexity index is 1270. The molecule has 0 aliphatic heterocycles. The molecule has 2 aromatic heterocycles. The summed E-state index contributed by atoms with van der Waals surface area (Å²) in [4.78, 5) is 32.1. The molecule has 2 heterocycles. The van der Waals surface area contributed by atoms with Crippen molar-refractivity contribution < 1.29 is 4.79 Å². The van der Waals surface area contributed by atoms with Gasteiger partial charge in [0.15, 0.2) is 0 Å². The monoisotopic (exact) mass is 398 g/mol. The van der Waals surface area contributed by atoms with Gasteiger partial charge in [-0.1, -0.05) is 18.2 Å². The highest BCUT2D eigenvalue weighted by Crippen LogP contribution is 2.27. The molecule has 6 heteroatoms. The lowest BCUT2D eigenvalue weighted by Crippen LogP contribution is -2.19. The Kier molecular flexibility index (Phi) is 4.67. The van der Waals surface area contributed by atoms with Crippen LogP contribution >= 0.6 is 0 Å². The number of nitrogens with zero attached hydrogens (tertiary/aromatic N) is 2. The number of aromatic nitrogens is 3. The van der Waals surface area contributed by atoms with Crippen molar-refractivity contribution in [2.45, 2.75) is 32.2 Å². The van der Waals surface area contributed by atoms with Crippen LogP contribution in [0, 0.1) is 0 Å². The Labute approximate surface area is 173 Å². The molecule has 0 bridgehead atoms. The van der Waals surface area contributed by atoms with Gasteiger partial charge in [-0.25, -0.2) is 4.98 Å². The van der Waals surface area contributed by atoms with Crippen LogP contribution in [0.25, 0.3) is 10.9 Å². The molecule has 0 atom stereocenters. The van der Waals surface area contributed by atoms with Crippen molar-refractivity contribution in [3.8, 4) is 0 Å². The van der Waals surface area contributed by atoms with Crippen LogP contribution in [-0.4, -0.2) is 20.4 Å². The number of H-pyrrole nitrogens is 1. The molecule has 0 spiro atoms. The van der Waals surface area contributed by atoms with E-state index in [0.717, 1.165) is 53.3 Å². The lowest BCUT2D eigenvalue weighted by atomic mass is 9.90. The molecule has 5 rings (SSSR count). The van der Waals surface area contributed by atoms with Crippen LogP contribution in [0.4, 0.5) is 5.69 Å². The molecule has 2 aromatic carbocycles. The highest BCUT2D eigenvalue weighted by molar-refractivity contribution is 6.05. The fraction of sp³-hybridized carbons (Fsp3) is 0.208. The van der Waals surface area contributed by atoms with Gasteiger partial charge in [0.25, 0.3) is 11.5 Å². The first kappa shape index (κ1) is 18.4. The molecule has 0 saturated heterocycles. The Morgan fingerprint density at radius 2 is 1.87 bits per heavy atom. The molecule has 30 heavy (non-hydrogen) atoms. The van der Waals surface area contributed by atoms with E-state index in [-0.39, 0.29) is 11.5 Å². The topological polar surface area (TPSA) is 79.8 Å².